The van der Waals surface area contributed by atoms with Crippen molar-refractivity contribution < 1.29 is 0 Å². The first-order chi connectivity index (χ1) is 15.3. The summed E-state index contributed by atoms with van der Waals surface area (Å²) in [5, 5.41) is 8.81. The third-order valence-electron chi connectivity index (χ3n) is 9.98. The number of nitrogens with zero attached hydrogens (tertiary/aromatic N) is 2. The second kappa shape index (κ2) is 8.28. The molecule has 0 amide bonds. The van der Waals surface area contributed by atoms with Crippen LogP contribution in [0.1, 0.15) is 115 Å². The summed E-state index contributed by atoms with van der Waals surface area (Å²) in [6, 6.07) is 2.92. The van der Waals surface area contributed by atoms with E-state index in [-0.39, 0.29) is 10.8 Å². The van der Waals surface area contributed by atoms with Crippen LogP contribution >= 0.6 is 0 Å². The first kappa shape index (κ1) is 27.1. The number of nitriles is 1. The highest BCUT2D eigenvalue weighted by Crippen LogP contribution is 2.78. The molecule has 190 valence electrons. The molecule has 0 aromatic rings. The molecule has 1 aliphatic heterocycles. The molecule has 0 radical (unpaired) electrons. The Kier molecular flexibility index (Phi) is 6.60. The van der Waals surface area contributed by atoms with Gasteiger partial charge in [-0.05, 0) is 97.0 Å². The number of rotatable bonds is 1. The van der Waals surface area contributed by atoms with Crippen LogP contribution in [0.3, 0.4) is 0 Å². The van der Waals surface area contributed by atoms with Crippen molar-refractivity contribution >= 4 is 0 Å². The first-order valence-corrected chi connectivity index (χ1v) is 13.6. The Morgan fingerprint density at radius 2 is 1.35 bits per heavy atom. The molecule has 0 saturated heterocycles. The lowest BCUT2D eigenvalue weighted by atomic mass is 9.30. The highest BCUT2D eigenvalue weighted by Gasteiger charge is 2.72. The molecule has 7 aliphatic rings. The zero-order valence-corrected chi connectivity index (χ0v) is 24.2. The summed E-state index contributed by atoms with van der Waals surface area (Å²) in [4.78, 5) is 2.22. The third kappa shape index (κ3) is 4.66. The van der Waals surface area contributed by atoms with Gasteiger partial charge < -0.3 is 4.90 Å². The fourth-order valence-corrected chi connectivity index (χ4v) is 6.57. The average Bonchev–Trinajstić information content (AvgIpc) is 2.46. The molecule has 0 atom stereocenters. The van der Waals surface area contributed by atoms with Crippen LogP contribution < -0.4 is 0 Å². The SMILES string of the molecule is C=C1C=CC(C(C)(C)C)=CN1C(C)C.CC(C)(C)C12CC(C#N)(C1)C2.CC(C)(C)C12CC(C1)C2. The summed E-state index contributed by atoms with van der Waals surface area (Å²) >= 11 is 0. The standard InChI is InChI=1S/C13H21N.C10H15N.C9H16/c1-10(2)14-9-12(13(4,5)6)8-7-11(14)3;1-8(2,3)10-4-9(5-10,6-10)7-11;1-8(2,3)9-4-7(5-9)6-9/h7-10H,3H2,1-2,4-6H3;4-6H2,1-3H3;7H,4-6H2,1-3H3. The van der Waals surface area contributed by atoms with Crippen LogP contribution in [0.15, 0.2) is 36.2 Å². The fraction of sp³-hybridized carbons (Fsp3) is 0.781. The van der Waals surface area contributed by atoms with Gasteiger partial charge >= 0.3 is 0 Å². The van der Waals surface area contributed by atoms with E-state index in [0.29, 0.717) is 22.3 Å². The van der Waals surface area contributed by atoms with E-state index in [4.69, 9.17) is 5.26 Å². The molecule has 4 bridgehead atoms. The molecule has 0 spiro atoms. The monoisotopic (exact) mass is 464 g/mol. The lowest BCUT2D eigenvalue weighted by Crippen LogP contribution is -2.66. The molecule has 0 aromatic heterocycles. The van der Waals surface area contributed by atoms with Crippen LogP contribution in [-0.4, -0.2) is 10.9 Å². The summed E-state index contributed by atoms with van der Waals surface area (Å²) in [5.41, 5.74) is 5.15. The van der Waals surface area contributed by atoms with Gasteiger partial charge in [0.25, 0.3) is 0 Å². The van der Waals surface area contributed by atoms with Gasteiger partial charge in [-0.25, -0.2) is 0 Å². The minimum absolute atomic E-state index is 0.132. The van der Waals surface area contributed by atoms with Crippen molar-refractivity contribution in [1.82, 2.24) is 4.90 Å². The summed E-state index contributed by atoms with van der Waals surface area (Å²) in [6.07, 6.45) is 14.6. The van der Waals surface area contributed by atoms with Crippen molar-refractivity contribution in [2.75, 3.05) is 0 Å². The molecule has 6 saturated carbocycles. The van der Waals surface area contributed by atoms with Gasteiger partial charge in [0.2, 0.25) is 0 Å². The van der Waals surface area contributed by atoms with Gasteiger partial charge in [-0.15, -0.1) is 0 Å². The van der Waals surface area contributed by atoms with E-state index in [1.54, 1.807) is 0 Å². The van der Waals surface area contributed by atoms with Crippen molar-refractivity contribution in [1.29, 1.82) is 5.26 Å². The van der Waals surface area contributed by atoms with E-state index in [9.17, 15) is 0 Å². The lowest BCUT2D eigenvalue weighted by Gasteiger charge is -2.72. The maximum atomic E-state index is 8.81. The summed E-state index contributed by atoms with van der Waals surface area (Å²) in [5.74, 6) is 1.14. The minimum Gasteiger partial charge on any atom is -0.346 e. The highest BCUT2D eigenvalue weighted by atomic mass is 15.1. The van der Waals surface area contributed by atoms with Crippen LogP contribution in [0.4, 0.5) is 0 Å². The van der Waals surface area contributed by atoms with E-state index < -0.39 is 0 Å². The molecule has 6 aliphatic carbocycles. The maximum Gasteiger partial charge on any atom is 0.0690 e. The van der Waals surface area contributed by atoms with E-state index in [0.717, 1.165) is 17.0 Å². The summed E-state index contributed by atoms with van der Waals surface area (Å²) < 4.78 is 0. The normalized spacial score (nSPS) is 35.1. The van der Waals surface area contributed by atoms with Gasteiger partial charge in [-0.1, -0.05) is 75.0 Å². The van der Waals surface area contributed by atoms with Gasteiger partial charge in [0, 0.05) is 17.9 Å². The van der Waals surface area contributed by atoms with E-state index in [1.165, 1.54) is 44.1 Å². The van der Waals surface area contributed by atoms with Crippen molar-refractivity contribution in [3.05, 3.63) is 36.2 Å². The Morgan fingerprint density at radius 3 is 1.62 bits per heavy atom. The Hall–Kier alpha value is -1.49. The zero-order valence-electron chi connectivity index (χ0n) is 24.2. The largest absolute Gasteiger partial charge is 0.346 e. The Labute approximate surface area is 211 Å². The topological polar surface area (TPSA) is 27.0 Å². The summed E-state index contributed by atoms with van der Waals surface area (Å²) in [6.45, 7) is 29.2. The molecule has 2 nitrogen and oxygen atoms in total. The van der Waals surface area contributed by atoms with Crippen LogP contribution in [0.25, 0.3) is 0 Å². The van der Waals surface area contributed by atoms with Crippen molar-refractivity contribution in [2.24, 2.45) is 38.4 Å². The smallest absolute Gasteiger partial charge is 0.0690 e. The van der Waals surface area contributed by atoms with Gasteiger partial charge in [0.05, 0.1) is 11.5 Å². The molecular formula is C32H52N2. The number of hydrogen-bond donors (Lipinski definition) is 0. The van der Waals surface area contributed by atoms with Gasteiger partial charge in [0.1, 0.15) is 0 Å². The van der Waals surface area contributed by atoms with Gasteiger partial charge in [-0.3, -0.25) is 0 Å². The molecule has 7 rings (SSSR count). The molecule has 2 heteroatoms. The Bertz CT molecular complexity index is 864. The molecule has 34 heavy (non-hydrogen) atoms. The Morgan fingerprint density at radius 1 is 0.882 bits per heavy atom. The predicted molar refractivity (Wildman–Crippen MR) is 146 cm³/mol. The number of hydrogen-bond acceptors (Lipinski definition) is 2. The lowest BCUT2D eigenvalue weighted by molar-refractivity contribution is -0.226. The maximum absolute atomic E-state index is 8.81. The molecule has 0 aromatic carbocycles. The number of allylic oxidation sites excluding steroid dienone is 3. The Balaban J connectivity index is 0.000000146. The molecule has 0 unspecified atom stereocenters. The van der Waals surface area contributed by atoms with E-state index in [2.05, 4.69) is 112 Å². The first-order valence-electron chi connectivity index (χ1n) is 13.6. The van der Waals surface area contributed by atoms with Crippen molar-refractivity contribution in [2.45, 2.75) is 121 Å². The van der Waals surface area contributed by atoms with E-state index >= 15 is 0 Å². The molecule has 0 N–H and O–H groups in total. The van der Waals surface area contributed by atoms with Gasteiger partial charge in [-0.2, -0.15) is 5.26 Å². The van der Waals surface area contributed by atoms with Crippen LogP contribution in [-0.2, 0) is 0 Å². The van der Waals surface area contributed by atoms with Crippen molar-refractivity contribution in [3.63, 3.8) is 0 Å². The zero-order chi connectivity index (χ0) is 26.0. The molecular weight excluding hydrogens is 412 g/mol. The second-order valence-electron chi connectivity index (χ2n) is 15.6. The second-order valence-corrected chi connectivity index (χ2v) is 15.6. The fourth-order valence-electron chi connectivity index (χ4n) is 6.57. The van der Waals surface area contributed by atoms with E-state index in [1.807, 2.05) is 0 Å². The average molecular weight is 465 g/mol. The van der Waals surface area contributed by atoms with Crippen molar-refractivity contribution in [3.8, 4) is 6.07 Å². The minimum atomic E-state index is 0.132. The summed E-state index contributed by atoms with van der Waals surface area (Å²) in [7, 11) is 0. The quantitative estimate of drug-likeness (QED) is 0.386. The predicted octanol–water partition coefficient (Wildman–Crippen LogP) is 9.27. The highest BCUT2D eigenvalue weighted by molar-refractivity contribution is 5.35. The molecule has 6 fully saturated rings. The van der Waals surface area contributed by atoms with Crippen LogP contribution in [0, 0.1) is 49.7 Å². The van der Waals surface area contributed by atoms with Crippen LogP contribution in [0.2, 0.25) is 0 Å². The molecule has 1 heterocycles. The van der Waals surface area contributed by atoms with Crippen LogP contribution in [0.5, 0.6) is 0 Å². The van der Waals surface area contributed by atoms with Gasteiger partial charge in [0.15, 0.2) is 0 Å². The third-order valence-corrected chi connectivity index (χ3v) is 9.98.